The number of piperidine rings is 1. The van der Waals surface area contributed by atoms with E-state index in [1.54, 1.807) is 22.9 Å². The summed E-state index contributed by atoms with van der Waals surface area (Å²) in [6, 6.07) is 5.19. The summed E-state index contributed by atoms with van der Waals surface area (Å²) in [7, 11) is 0. The van der Waals surface area contributed by atoms with Gasteiger partial charge in [-0.15, -0.1) is 0 Å². The second kappa shape index (κ2) is 7.35. The number of carbonyl (C=O) groups is 2. The molecule has 3 rings (SSSR count). The molecule has 1 saturated heterocycles. The number of hydrogen-bond donors (Lipinski definition) is 4. The van der Waals surface area contributed by atoms with Gasteiger partial charge in [-0.05, 0) is 37.6 Å². The van der Waals surface area contributed by atoms with Crippen molar-refractivity contribution in [2.75, 3.05) is 18.4 Å². The van der Waals surface area contributed by atoms with Gasteiger partial charge in [0.05, 0.1) is 11.3 Å². The van der Waals surface area contributed by atoms with E-state index in [1.165, 1.54) is 18.3 Å². The quantitative estimate of drug-likeness (QED) is 0.677. The van der Waals surface area contributed by atoms with Gasteiger partial charge in [-0.1, -0.05) is 6.07 Å². The largest absolute Gasteiger partial charge is 0.351 e. The fraction of sp³-hybridized carbons (Fsp3) is 0.294. The van der Waals surface area contributed by atoms with Gasteiger partial charge in [0, 0.05) is 30.7 Å². The van der Waals surface area contributed by atoms with Crippen molar-refractivity contribution in [1.82, 2.24) is 15.2 Å². The Balaban J connectivity index is 1.87. The molecule has 1 aromatic carbocycles. The van der Waals surface area contributed by atoms with Crippen molar-refractivity contribution in [1.29, 1.82) is 0 Å². The van der Waals surface area contributed by atoms with Crippen molar-refractivity contribution in [2.45, 2.75) is 18.9 Å². The van der Waals surface area contributed by atoms with E-state index in [9.17, 15) is 14.0 Å². The summed E-state index contributed by atoms with van der Waals surface area (Å²) in [4.78, 5) is 23.8. The molecule has 8 heteroatoms. The van der Waals surface area contributed by atoms with E-state index in [1.807, 2.05) is 0 Å². The summed E-state index contributed by atoms with van der Waals surface area (Å²) in [5, 5.41) is 8.61. The van der Waals surface area contributed by atoms with E-state index < -0.39 is 11.8 Å². The molecule has 1 aliphatic heterocycles. The lowest BCUT2D eigenvalue weighted by Crippen LogP contribution is -2.45. The molecule has 1 aliphatic rings. The minimum Gasteiger partial charge on any atom is -0.351 e. The molecule has 0 spiro atoms. The number of carbonyl (C=O) groups excluding carboxylic acids is 2. The summed E-state index contributed by atoms with van der Waals surface area (Å²) >= 11 is 0. The first-order valence-electron chi connectivity index (χ1n) is 8.09. The SMILES string of the molecule is NC(=O)Nc1cn(-c2cccc(F)c2)cc1C(=O)N[C@H]1CCCNC1. The minimum absolute atomic E-state index is 0.0280. The molecule has 5 N–H and O–H groups in total. The Hall–Kier alpha value is -2.87. The average Bonchev–Trinajstić information content (AvgIpc) is 2.99. The number of anilines is 1. The molecule has 132 valence electrons. The maximum absolute atomic E-state index is 13.4. The predicted molar refractivity (Wildman–Crippen MR) is 92.3 cm³/mol. The highest BCUT2D eigenvalue weighted by Gasteiger charge is 2.21. The Bertz CT molecular complexity index is 783. The van der Waals surface area contributed by atoms with Crippen LogP contribution in [-0.2, 0) is 0 Å². The second-order valence-electron chi connectivity index (χ2n) is 5.98. The van der Waals surface area contributed by atoms with Crippen LogP contribution >= 0.6 is 0 Å². The molecule has 0 bridgehead atoms. The van der Waals surface area contributed by atoms with Crippen LogP contribution in [0.15, 0.2) is 36.7 Å². The summed E-state index contributed by atoms with van der Waals surface area (Å²) < 4.78 is 15.0. The lowest BCUT2D eigenvalue weighted by Gasteiger charge is -2.23. The monoisotopic (exact) mass is 345 g/mol. The minimum atomic E-state index is -0.773. The van der Waals surface area contributed by atoms with E-state index >= 15 is 0 Å². The van der Waals surface area contributed by atoms with Gasteiger partial charge in [-0.2, -0.15) is 0 Å². The van der Waals surface area contributed by atoms with Crippen molar-refractivity contribution < 1.29 is 14.0 Å². The lowest BCUT2D eigenvalue weighted by atomic mass is 10.1. The van der Waals surface area contributed by atoms with Crippen LogP contribution in [0.2, 0.25) is 0 Å². The number of benzene rings is 1. The number of primary amides is 1. The third-order valence-electron chi connectivity index (χ3n) is 4.07. The van der Waals surface area contributed by atoms with E-state index in [0.717, 1.165) is 19.4 Å². The Morgan fingerprint density at radius 2 is 2.16 bits per heavy atom. The second-order valence-corrected chi connectivity index (χ2v) is 5.98. The molecule has 0 aliphatic carbocycles. The number of urea groups is 1. The number of nitrogens with two attached hydrogens (primary N) is 1. The van der Waals surface area contributed by atoms with Gasteiger partial charge in [0.15, 0.2) is 0 Å². The van der Waals surface area contributed by atoms with Crippen molar-refractivity contribution in [3.63, 3.8) is 0 Å². The van der Waals surface area contributed by atoms with Crippen molar-refractivity contribution in [2.24, 2.45) is 5.73 Å². The number of halogens is 1. The Kier molecular flexibility index (Phi) is 4.99. The van der Waals surface area contributed by atoms with Crippen LogP contribution in [0, 0.1) is 5.82 Å². The molecule has 2 aromatic rings. The van der Waals surface area contributed by atoms with Crippen LogP contribution in [0.5, 0.6) is 0 Å². The third-order valence-corrected chi connectivity index (χ3v) is 4.07. The van der Waals surface area contributed by atoms with E-state index in [-0.39, 0.29) is 23.2 Å². The van der Waals surface area contributed by atoms with Crippen LogP contribution in [0.25, 0.3) is 5.69 Å². The number of amides is 3. The number of nitrogens with one attached hydrogen (secondary N) is 3. The van der Waals surface area contributed by atoms with Gasteiger partial charge < -0.3 is 26.3 Å². The maximum Gasteiger partial charge on any atom is 0.316 e. The molecule has 0 radical (unpaired) electrons. The molecule has 1 atom stereocenters. The number of rotatable bonds is 4. The molecule has 0 saturated carbocycles. The highest BCUT2D eigenvalue weighted by molar-refractivity contribution is 6.03. The average molecular weight is 345 g/mol. The van der Waals surface area contributed by atoms with E-state index in [4.69, 9.17) is 5.73 Å². The summed E-state index contributed by atoms with van der Waals surface area (Å²) in [6.07, 6.45) is 4.96. The van der Waals surface area contributed by atoms with Crippen molar-refractivity contribution >= 4 is 17.6 Å². The standard InChI is InChI=1S/C17H20FN5O2/c18-11-3-1-5-13(7-11)23-9-14(15(10-23)22-17(19)25)16(24)21-12-4-2-6-20-8-12/h1,3,5,7,9-10,12,20H,2,4,6,8H2,(H,21,24)(H3,19,22,25)/t12-/m0/s1. The van der Waals surface area contributed by atoms with Gasteiger partial charge in [0.2, 0.25) is 0 Å². The molecule has 7 nitrogen and oxygen atoms in total. The summed E-state index contributed by atoms with van der Waals surface area (Å²) in [6.45, 7) is 1.64. The van der Waals surface area contributed by atoms with Crippen molar-refractivity contribution in [3.8, 4) is 5.69 Å². The molecule has 1 fully saturated rings. The number of nitrogens with zero attached hydrogens (tertiary/aromatic N) is 1. The lowest BCUT2D eigenvalue weighted by molar-refractivity contribution is 0.0931. The topological polar surface area (TPSA) is 101 Å². The molecular weight excluding hydrogens is 325 g/mol. The maximum atomic E-state index is 13.4. The van der Waals surface area contributed by atoms with Gasteiger partial charge in [-0.3, -0.25) is 4.79 Å². The van der Waals surface area contributed by atoms with Crippen LogP contribution in [0.3, 0.4) is 0 Å². The zero-order chi connectivity index (χ0) is 17.8. The smallest absolute Gasteiger partial charge is 0.316 e. The molecule has 0 unspecified atom stereocenters. The highest BCUT2D eigenvalue weighted by atomic mass is 19.1. The first-order chi connectivity index (χ1) is 12.0. The van der Waals surface area contributed by atoms with Crippen LogP contribution in [0.4, 0.5) is 14.9 Å². The summed E-state index contributed by atoms with van der Waals surface area (Å²) in [5.41, 5.74) is 6.27. The zero-order valence-corrected chi connectivity index (χ0v) is 13.6. The molecule has 3 amide bonds. The van der Waals surface area contributed by atoms with Crippen LogP contribution < -0.4 is 21.7 Å². The van der Waals surface area contributed by atoms with Crippen LogP contribution in [0.1, 0.15) is 23.2 Å². The van der Waals surface area contributed by atoms with Gasteiger partial charge in [-0.25, -0.2) is 9.18 Å². The molecule has 2 heterocycles. The molecular formula is C17H20FN5O2. The summed E-state index contributed by atoms with van der Waals surface area (Å²) in [5.74, 6) is -0.706. The zero-order valence-electron chi connectivity index (χ0n) is 13.6. The first kappa shape index (κ1) is 17.0. The van der Waals surface area contributed by atoms with E-state index in [2.05, 4.69) is 16.0 Å². The van der Waals surface area contributed by atoms with Gasteiger partial charge in [0.25, 0.3) is 5.91 Å². The normalized spacial score (nSPS) is 17.1. The first-order valence-corrected chi connectivity index (χ1v) is 8.09. The highest BCUT2D eigenvalue weighted by Crippen LogP contribution is 2.21. The number of hydrogen-bond acceptors (Lipinski definition) is 3. The van der Waals surface area contributed by atoms with Gasteiger partial charge >= 0.3 is 6.03 Å². The third kappa shape index (κ3) is 4.16. The molecule has 1 aromatic heterocycles. The fourth-order valence-electron chi connectivity index (χ4n) is 2.89. The number of aromatic nitrogens is 1. The van der Waals surface area contributed by atoms with E-state index in [0.29, 0.717) is 12.2 Å². The molecule has 25 heavy (non-hydrogen) atoms. The van der Waals surface area contributed by atoms with Crippen LogP contribution in [-0.4, -0.2) is 35.6 Å². The Labute approximate surface area is 144 Å². The van der Waals surface area contributed by atoms with Crippen molar-refractivity contribution in [3.05, 3.63) is 48.0 Å². The van der Waals surface area contributed by atoms with Gasteiger partial charge in [0.1, 0.15) is 5.82 Å². The Morgan fingerprint density at radius 3 is 2.84 bits per heavy atom. The Morgan fingerprint density at radius 1 is 1.32 bits per heavy atom. The fourth-order valence-corrected chi connectivity index (χ4v) is 2.89. The predicted octanol–water partition coefficient (Wildman–Crippen LogP) is 1.59.